The van der Waals surface area contributed by atoms with Crippen LogP contribution >= 0.6 is 22.7 Å². The molecule has 0 fully saturated rings. The molecule has 94 valence electrons. The average Bonchev–Trinajstić information content (AvgIpc) is 2.95. The molecule has 0 radical (unpaired) electrons. The van der Waals surface area contributed by atoms with Crippen LogP contribution in [0, 0.1) is 6.92 Å². The quantitative estimate of drug-likeness (QED) is 0.798. The van der Waals surface area contributed by atoms with Gasteiger partial charge in [0.2, 0.25) is 0 Å². The number of hydrogen-bond donors (Lipinski definition) is 0. The van der Waals surface area contributed by atoms with Gasteiger partial charge in [0, 0.05) is 10.3 Å². The van der Waals surface area contributed by atoms with Crippen LogP contribution in [0.4, 0.5) is 0 Å². The summed E-state index contributed by atoms with van der Waals surface area (Å²) in [5.41, 5.74) is 2.32. The molecule has 0 saturated carbocycles. The van der Waals surface area contributed by atoms with Gasteiger partial charge in [0.25, 0.3) is 0 Å². The lowest BCUT2D eigenvalue weighted by Crippen LogP contribution is -2.01. The summed E-state index contributed by atoms with van der Waals surface area (Å²) in [4.78, 5) is 18.9. The van der Waals surface area contributed by atoms with Crippen molar-refractivity contribution in [2.75, 3.05) is 0 Å². The largest absolute Gasteiger partial charge is 0.293 e. The van der Waals surface area contributed by atoms with Gasteiger partial charge in [-0.15, -0.1) is 22.7 Å². The van der Waals surface area contributed by atoms with Gasteiger partial charge in [0.1, 0.15) is 0 Å². The number of thiazole rings is 1. The molecule has 4 heteroatoms. The van der Waals surface area contributed by atoms with Gasteiger partial charge in [-0.2, -0.15) is 0 Å². The molecule has 2 nitrogen and oxygen atoms in total. The van der Waals surface area contributed by atoms with Gasteiger partial charge in [0.05, 0.1) is 22.0 Å². The van der Waals surface area contributed by atoms with Crippen LogP contribution in [0.1, 0.15) is 43.7 Å². The Labute approximate surface area is 115 Å². The Bertz CT molecular complexity index is 559. The van der Waals surface area contributed by atoms with E-state index in [1.54, 1.807) is 22.7 Å². The molecule has 18 heavy (non-hydrogen) atoms. The second-order valence-electron chi connectivity index (χ2n) is 4.72. The normalized spacial score (nSPS) is 14.5. The highest BCUT2D eigenvalue weighted by Gasteiger charge is 2.17. The minimum absolute atomic E-state index is 0.222. The van der Waals surface area contributed by atoms with Crippen LogP contribution in [-0.2, 0) is 19.3 Å². The molecule has 0 atom stereocenters. The van der Waals surface area contributed by atoms with E-state index in [1.165, 1.54) is 23.3 Å². The van der Waals surface area contributed by atoms with Crippen LogP contribution in [0.2, 0.25) is 0 Å². The first-order valence-corrected chi connectivity index (χ1v) is 7.98. The summed E-state index contributed by atoms with van der Waals surface area (Å²) >= 11 is 3.30. The van der Waals surface area contributed by atoms with Crippen LogP contribution in [0.3, 0.4) is 0 Å². The highest BCUT2D eigenvalue weighted by Crippen LogP contribution is 2.30. The van der Waals surface area contributed by atoms with Crippen LogP contribution in [0.25, 0.3) is 0 Å². The monoisotopic (exact) mass is 277 g/mol. The highest BCUT2D eigenvalue weighted by molar-refractivity contribution is 7.14. The third kappa shape index (κ3) is 2.40. The zero-order valence-electron chi connectivity index (χ0n) is 10.4. The Kier molecular flexibility index (Phi) is 3.31. The molecule has 2 aromatic rings. The maximum atomic E-state index is 12.2. The number of aryl methyl sites for hydroxylation is 3. The van der Waals surface area contributed by atoms with Crippen molar-refractivity contribution in [3.63, 3.8) is 0 Å². The second kappa shape index (κ2) is 4.94. The van der Waals surface area contributed by atoms with Gasteiger partial charge in [0.15, 0.2) is 5.78 Å². The van der Waals surface area contributed by atoms with E-state index < -0.39 is 0 Å². The van der Waals surface area contributed by atoms with Crippen molar-refractivity contribution in [3.05, 3.63) is 37.5 Å². The molecule has 1 aliphatic carbocycles. The predicted molar refractivity (Wildman–Crippen MR) is 75.8 cm³/mol. The molecular formula is C14H15NOS2. The lowest BCUT2D eigenvalue weighted by molar-refractivity contribution is 0.0996. The number of rotatable bonds is 3. The highest BCUT2D eigenvalue weighted by atomic mass is 32.1. The molecule has 0 spiro atoms. The van der Waals surface area contributed by atoms with Crippen LogP contribution in [0.5, 0.6) is 0 Å². The number of aromatic nitrogens is 1. The number of Topliss-reactive ketones (excluding diaryl/α,β-unsaturated/α-hetero) is 1. The first-order valence-electron chi connectivity index (χ1n) is 6.28. The van der Waals surface area contributed by atoms with Gasteiger partial charge in [-0.3, -0.25) is 4.79 Å². The third-order valence-electron chi connectivity index (χ3n) is 3.28. The van der Waals surface area contributed by atoms with E-state index in [0.717, 1.165) is 28.4 Å². The van der Waals surface area contributed by atoms with Crippen molar-refractivity contribution in [2.24, 2.45) is 0 Å². The van der Waals surface area contributed by atoms with Crippen LogP contribution < -0.4 is 0 Å². The van der Waals surface area contributed by atoms with E-state index in [2.05, 4.69) is 11.1 Å². The fraction of sp³-hybridized carbons (Fsp3) is 0.429. The summed E-state index contributed by atoms with van der Waals surface area (Å²) in [6, 6.07) is 2.11. The molecule has 0 N–H and O–H groups in total. The lowest BCUT2D eigenvalue weighted by atomic mass is 9.99. The van der Waals surface area contributed by atoms with Crippen LogP contribution in [-0.4, -0.2) is 10.8 Å². The Morgan fingerprint density at radius 2 is 2.22 bits per heavy atom. The summed E-state index contributed by atoms with van der Waals surface area (Å²) in [6.07, 6.45) is 5.29. The van der Waals surface area contributed by atoms with E-state index in [-0.39, 0.29) is 5.78 Å². The molecule has 2 heterocycles. The summed E-state index contributed by atoms with van der Waals surface area (Å²) in [5.74, 6) is 0.222. The molecule has 0 aromatic carbocycles. The zero-order valence-corrected chi connectivity index (χ0v) is 12.0. The summed E-state index contributed by atoms with van der Waals surface area (Å²) in [7, 11) is 0. The number of fused-ring (bicyclic) bond motifs is 1. The van der Waals surface area contributed by atoms with Gasteiger partial charge >= 0.3 is 0 Å². The maximum absolute atomic E-state index is 12.2. The Balaban J connectivity index is 1.78. The van der Waals surface area contributed by atoms with E-state index in [4.69, 9.17) is 0 Å². The minimum Gasteiger partial charge on any atom is -0.293 e. The van der Waals surface area contributed by atoms with Gasteiger partial charge in [-0.05, 0) is 44.2 Å². The van der Waals surface area contributed by atoms with Crippen molar-refractivity contribution >= 4 is 28.5 Å². The molecule has 0 amide bonds. The molecule has 3 rings (SSSR count). The molecule has 0 bridgehead atoms. The van der Waals surface area contributed by atoms with Crippen molar-refractivity contribution in [1.29, 1.82) is 0 Å². The Morgan fingerprint density at radius 1 is 1.39 bits per heavy atom. The summed E-state index contributed by atoms with van der Waals surface area (Å²) in [6.45, 7) is 1.97. The van der Waals surface area contributed by atoms with Gasteiger partial charge in [-0.25, -0.2) is 4.98 Å². The smallest absolute Gasteiger partial charge is 0.178 e. The van der Waals surface area contributed by atoms with Crippen molar-refractivity contribution < 1.29 is 4.79 Å². The zero-order chi connectivity index (χ0) is 12.5. The lowest BCUT2D eigenvalue weighted by Gasteiger charge is -2.08. The average molecular weight is 277 g/mol. The Morgan fingerprint density at radius 3 is 2.94 bits per heavy atom. The fourth-order valence-corrected chi connectivity index (χ4v) is 4.17. The van der Waals surface area contributed by atoms with E-state index in [9.17, 15) is 4.79 Å². The standard InChI is InChI=1S/C14H15NOS2/c1-9-15-11(8-17-9)7-12(16)14-6-10-4-2-3-5-13(10)18-14/h6,8H,2-5,7H2,1H3. The molecule has 1 aliphatic rings. The van der Waals surface area contributed by atoms with E-state index in [1.807, 2.05) is 12.3 Å². The number of carbonyl (C=O) groups is 1. The summed E-state index contributed by atoms with van der Waals surface area (Å²) < 4.78 is 0. The van der Waals surface area contributed by atoms with Crippen molar-refractivity contribution in [2.45, 2.75) is 39.0 Å². The third-order valence-corrected chi connectivity index (χ3v) is 5.38. The topological polar surface area (TPSA) is 30.0 Å². The van der Waals surface area contributed by atoms with Gasteiger partial charge < -0.3 is 0 Å². The molecular weight excluding hydrogens is 262 g/mol. The SMILES string of the molecule is Cc1nc(CC(=O)c2cc3c(s2)CCCC3)cs1. The number of nitrogens with zero attached hydrogens (tertiary/aromatic N) is 1. The number of hydrogen-bond acceptors (Lipinski definition) is 4. The maximum Gasteiger partial charge on any atom is 0.178 e. The number of ketones is 1. The van der Waals surface area contributed by atoms with Crippen molar-refractivity contribution in [1.82, 2.24) is 4.98 Å². The molecule has 0 unspecified atom stereocenters. The van der Waals surface area contributed by atoms with E-state index in [0.29, 0.717) is 6.42 Å². The number of thiophene rings is 1. The fourth-order valence-electron chi connectivity index (χ4n) is 2.37. The molecule has 0 aliphatic heterocycles. The number of carbonyl (C=O) groups excluding carboxylic acids is 1. The first-order chi connectivity index (χ1) is 8.72. The Hall–Kier alpha value is -1.00. The molecule has 0 saturated heterocycles. The second-order valence-corrected chi connectivity index (χ2v) is 6.92. The molecule has 2 aromatic heterocycles. The van der Waals surface area contributed by atoms with Crippen LogP contribution in [0.15, 0.2) is 11.4 Å². The van der Waals surface area contributed by atoms with Crippen molar-refractivity contribution in [3.8, 4) is 0 Å². The van der Waals surface area contributed by atoms with E-state index >= 15 is 0 Å². The summed E-state index contributed by atoms with van der Waals surface area (Å²) in [5, 5.41) is 3.02. The first kappa shape index (κ1) is 12.1. The van der Waals surface area contributed by atoms with Gasteiger partial charge in [-0.1, -0.05) is 0 Å². The minimum atomic E-state index is 0.222. The predicted octanol–water partition coefficient (Wildman–Crippen LogP) is 3.82.